The fourth-order valence-electron chi connectivity index (χ4n) is 1.36. The number of hydrogen-bond acceptors (Lipinski definition) is 5. The molecule has 0 fully saturated rings. The lowest BCUT2D eigenvalue weighted by Gasteiger charge is -2.09. The van der Waals surface area contributed by atoms with Crippen molar-refractivity contribution in [2.45, 2.75) is 0 Å². The number of hydrogen-bond donors (Lipinski definition) is 3. The van der Waals surface area contributed by atoms with Crippen molar-refractivity contribution in [1.82, 2.24) is 9.97 Å². The fourth-order valence-corrected chi connectivity index (χ4v) is 2.01. The van der Waals surface area contributed by atoms with Crippen molar-refractivity contribution in [3.63, 3.8) is 0 Å². The lowest BCUT2D eigenvalue weighted by molar-refractivity contribution is 1.14. The van der Waals surface area contributed by atoms with Gasteiger partial charge in [0.2, 0.25) is 5.95 Å². The molecule has 1 aromatic carbocycles. The highest BCUT2D eigenvalue weighted by Crippen LogP contribution is 2.32. The standard InChI is InChI=1S/C10H9BrClN5/c11-7-8(5-1-3-6(12)4-2-5)15-10(13)16-9(7)17-14/h1-4H,14H2,(H3,13,15,16,17). The van der Waals surface area contributed by atoms with Gasteiger partial charge in [-0.05, 0) is 28.1 Å². The number of rotatable bonds is 2. The molecule has 7 heteroatoms. The number of nitrogens with zero attached hydrogens (tertiary/aromatic N) is 2. The molecule has 1 heterocycles. The highest BCUT2D eigenvalue weighted by Gasteiger charge is 2.11. The number of nitrogens with two attached hydrogens (primary N) is 2. The SMILES string of the molecule is NNc1nc(N)nc(-c2ccc(Cl)cc2)c1Br. The van der Waals surface area contributed by atoms with Crippen molar-refractivity contribution in [1.29, 1.82) is 0 Å². The molecule has 1 aromatic heterocycles. The molecule has 0 aliphatic rings. The molecule has 0 saturated carbocycles. The normalized spacial score (nSPS) is 10.3. The molecule has 0 bridgehead atoms. The van der Waals surface area contributed by atoms with Crippen LogP contribution in [0.2, 0.25) is 5.02 Å². The molecule has 0 saturated heterocycles. The third-order valence-corrected chi connectivity index (χ3v) is 3.13. The average molecular weight is 315 g/mol. The van der Waals surface area contributed by atoms with Crippen LogP contribution in [0.4, 0.5) is 11.8 Å². The first kappa shape index (κ1) is 12.1. The second kappa shape index (κ2) is 4.87. The minimum absolute atomic E-state index is 0.145. The first-order valence-electron chi connectivity index (χ1n) is 4.67. The Morgan fingerprint density at radius 2 is 1.82 bits per heavy atom. The monoisotopic (exact) mass is 313 g/mol. The molecule has 0 aliphatic heterocycles. The number of aromatic nitrogens is 2. The number of benzene rings is 1. The van der Waals surface area contributed by atoms with Crippen LogP contribution < -0.4 is 17.0 Å². The summed E-state index contributed by atoms with van der Waals surface area (Å²) in [5.41, 5.74) is 9.58. The zero-order valence-electron chi connectivity index (χ0n) is 8.61. The van der Waals surface area contributed by atoms with E-state index in [1.807, 2.05) is 12.1 Å². The molecular formula is C10H9BrClN5. The first-order valence-corrected chi connectivity index (χ1v) is 5.84. The smallest absolute Gasteiger partial charge is 0.222 e. The van der Waals surface area contributed by atoms with Crippen LogP contribution in [0.3, 0.4) is 0 Å². The van der Waals surface area contributed by atoms with Crippen LogP contribution in [-0.4, -0.2) is 9.97 Å². The van der Waals surface area contributed by atoms with E-state index >= 15 is 0 Å². The predicted molar refractivity (Wildman–Crippen MR) is 72.4 cm³/mol. The molecule has 0 amide bonds. The third-order valence-electron chi connectivity index (χ3n) is 2.12. The van der Waals surface area contributed by atoms with Crippen molar-refractivity contribution in [3.05, 3.63) is 33.8 Å². The first-order chi connectivity index (χ1) is 8.11. The van der Waals surface area contributed by atoms with E-state index in [0.717, 1.165) is 5.56 Å². The van der Waals surface area contributed by atoms with Gasteiger partial charge in [0, 0.05) is 10.6 Å². The van der Waals surface area contributed by atoms with Gasteiger partial charge in [0.05, 0.1) is 10.2 Å². The number of nitrogens with one attached hydrogen (secondary N) is 1. The molecule has 5 nitrogen and oxygen atoms in total. The number of anilines is 2. The highest BCUT2D eigenvalue weighted by molar-refractivity contribution is 9.10. The van der Waals surface area contributed by atoms with Gasteiger partial charge in [-0.2, -0.15) is 4.98 Å². The van der Waals surface area contributed by atoms with Crippen LogP contribution in [0.25, 0.3) is 11.3 Å². The van der Waals surface area contributed by atoms with E-state index in [-0.39, 0.29) is 5.95 Å². The Bertz CT molecular complexity index is 543. The van der Waals surface area contributed by atoms with E-state index in [2.05, 4.69) is 31.3 Å². The zero-order valence-corrected chi connectivity index (χ0v) is 11.0. The Balaban J connectivity index is 2.58. The van der Waals surface area contributed by atoms with Crippen LogP contribution in [0, 0.1) is 0 Å². The molecule has 0 unspecified atom stereocenters. The van der Waals surface area contributed by atoms with Gasteiger partial charge in [0.1, 0.15) is 0 Å². The Hall–Kier alpha value is -1.37. The lowest BCUT2D eigenvalue weighted by Crippen LogP contribution is -2.11. The van der Waals surface area contributed by atoms with E-state index in [9.17, 15) is 0 Å². The fraction of sp³-hybridized carbons (Fsp3) is 0. The molecule has 2 aromatic rings. The van der Waals surface area contributed by atoms with Crippen molar-refractivity contribution in [2.24, 2.45) is 5.84 Å². The van der Waals surface area contributed by atoms with E-state index < -0.39 is 0 Å². The van der Waals surface area contributed by atoms with Gasteiger partial charge in [-0.1, -0.05) is 23.7 Å². The van der Waals surface area contributed by atoms with Crippen molar-refractivity contribution < 1.29 is 0 Å². The summed E-state index contributed by atoms with van der Waals surface area (Å²) in [7, 11) is 0. The third kappa shape index (κ3) is 2.49. The van der Waals surface area contributed by atoms with Gasteiger partial charge in [0.15, 0.2) is 5.82 Å². The number of nitrogen functional groups attached to an aromatic ring is 2. The van der Waals surface area contributed by atoms with Crippen molar-refractivity contribution in [3.8, 4) is 11.3 Å². The molecule has 0 radical (unpaired) electrons. The average Bonchev–Trinajstić information content (AvgIpc) is 2.33. The molecule has 2 rings (SSSR count). The number of halogens is 2. The van der Waals surface area contributed by atoms with Crippen LogP contribution in [-0.2, 0) is 0 Å². The lowest BCUT2D eigenvalue weighted by atomic mass is 10.1. The second-order valence-electron chi connectivity index (χ2n) is 3.24. The molecule has 17 heavy (non-hydrogen) atoms. The Morgan fingerprint density at radius 3 is 2.41 bits per heavy atom. The Morgan fingerprint density at radius 1 is 1.18 bits per heavy atom. The molecule has 0 atom stereocenters. The maximum absolute atomic E-state index is 5.83. The van der Waals surface area contributed by atoms with Gasteiger partial charge in [-0.25, -0.2) is 10.8 Å². The molecule has 0 spiro atoms. The Labute approximate surface area is 111 Å². The minimum Gasteiger partial charge on any atom is -0.368 e. The Kier molecular flexibility index (Phi) is 3.46. The topological polar surface area (TPSA) is 89.8 Å². The van der Waals surface area contributed by atoms with E-state index in [1.54, 1.807) is 12.1 Å². The summed E-state index contributed by atoms with van der Waals surface area (Å²) in [6.45, 7) is 0. The van der Waals surface area contributed by atoms with Crippen LogP contribution >= 0.6 is 27.5 Å². The molecule has 88 valence electrons. The predicted octanol–water partition coefficient (Wildman–Crippen LogP) is 2.43. The molecular weight excluding hydrogens is 306 g/mol. The van der Waals surface area contributed by atoms with E-state index in [0.29, 0.717) is 21.0 Å². The van der Waals surface area contributed by atoms with Gasteiger partial charge < -0.3 is 11.2 Å². The summed E-state index contributed by atoms with van der Waals surface area (Å²) >= 11 is 9.20. The summed E-state index contributed by atoms with van der Waals surface area (Å²) in [5.74, 6) is 5.92. The van der Waals surface area contributed by atoms with Crippen LogP contribution in [0.1, 0.15) is 0 Å². The highest BCUT2D eigenvalue weighted by atomic mass is 79.9. The summed E-state index contributed by atoms with van der Waals surface area (Å²) in [5, 5.41) is 0.657. The van der Waals surface area contributed by atoms with E-state index in [1.165, 1.54) is 0 Å². The van der Waals surface area contributed by atoms with Gasteiger partial charge in [-0.15, -0.1) is 0 Å². The van der Waals surface area contributed by atoms with Crippen molar-refractivity contribution >= 4 is 39.3 Å². The second-order valence-corrected chi connectivity index (χ2v) is 4.47. The van der Waals surface area contributed by atoms with E-state index in [4.69, 9.17) is 23.2 Å². The quantitative estimate of drug-likeness (QED) is 0.585. The summed E-state index contributed by atoms with van der Waals surface area (Å²) in [6, 6.07) is 7.23. The maximum atomic E-state index is 5.83. The van der Waals surface area contributed by atoms with Gasteiger partial charge >= 0.3 is 0 Å². The minimum atomic E-state index is 0.145. The summed E-state index contributed by atoms with van der Waals surface area (Å²) < 4.78 is 0.650. The molecule has 0 aliphatic carbocycles. The summed E-state index contributed by atoms with van der Waals surface area (Å²) in [4.78, 5) is 8.11. The van der Waals surface area contributed by atoms with Crippen LogP contribution in [0.15, 0.2) is 28.7 Å². The van der Waals surface area contributed by atoms with Gasteiger partial charge in [0.25, 0.3) is 0 Å². The summed E-state index contributed by atoms with van der Waals surface area (Å²) in [6.07, 6.45) is 0. The zero-order chi connectivity index (χ0) is 12.4. The largest absolute Gasteiger partial charge is 0.368 e. The van der Waals surface area contributed by atoms with Gasteiger partial charge in [-0.3, -0.25) is 0 Å². The van der Waals surface area contributed by atoms with Crippen molar-refractivity contribution in [2.75, 3.05) is 11.2 Å². The maximum Gasteiger partial charge on any atom is 0.222 e. The molecule has 5 N–H and O–H groups in total. The number of hydrazine groups is 1. The van der Waals surface area contributed by atoms with Crippen LogP contribution in [0.5, 0.6) is 0 Å².